The van der Waals surface area contributed by atoms with Crippen molar-refractivity contribution in [3.05, 3.63) is 54.0 Å². The smallest absolute Gasteiger partial charge is 0.276 e. The van der Waals surface area contributed by atoms with Crippen LogP contribution in [-0.2, 0) is 22.6 Å². The highest BCUT2D eigenvalue weighted by Gasteiger charge is 2.30. The fourth-order valence-electron chi connectivity index (χ4n) is 4.82. The van der Waals surface area contributed by atoms with Gasteiger partial charge in [-0.3, -0.25) is 14.4 Å². The number of fused-ring (bicyclic) bond motifs is 1. The highest BCUT2D eigenvalue weighted by Crippen LogP contribution is 2.25. The molecule has 1 aromatic carbocycles. The van der Waals surface area contributed by atoms with Gasteiger partial charge in [0.1, 0.15) is 11.8 Å². The second-order valence-corrected chi connectivity index (χ2v) is 11.4. The van der Waals surface area contributed by atoms with Crippen molar-refractivity contribution < 1.29 is 18.8 Å². The Morgan fingerprint density at radius 3 is 2.63 bits per heavy atom. The maximum Gasteiger partial charge on any atom is 0.276 e. The molecule has 4 rings (SSSR count). The van der Waals surface area contributed by atoms with Crippen LogP contribution in [0.15, 0.2) is 41.1 Å². The van der Waals surface area contributed by atoms with Gasteiger partial charge < -0.3 is 20.0 Å². The number of rotatable bonds is 7. The summed E-state index contributed by atoms with van der Waals surface area (Å²) < 4.78 is 7.21. The number of hydrogen-bond acceptors (Lipinski definition) is 8. The molecule has 2 atom stereocenters. The average Bonchev–Trinajstić information content (AvgIpc) is 3.62. The lowest BCUT2D eigenvalue weighted by Gasteiger charge is -2.27. The molecule has 41 heavy (non-hydrogen) atoms. The Balaban J connectivity index is 1.73. The number of nitrogens with one attached hydrogen (secondary N) is 2. The lowest BCUT2D eigenvalue weighted by atomic mass is 10.0. The van der Waals surface area contributed by atoms with Gasteiger partial charge in [-0.1, -0.05) is 51.1 Å². The number of hydrogen-bond donors (Lipinski definition) is 2. The van der Waals surface area contributed by atoms with Crippen LogP contribution in [0.3, 0.4) is 0 Å². The van der Waals surface area contributed by atoms with Crippen molar-refractivity contribution in [2.45, 2.75) is 65.1 Å². The van der Waals surface area contributed by atoms with Crippen molar-refractivity contribution in [1.82, 2.24) is 35.3 Å². The zero-order valence-corrected chi connectivity index (χ0v) is 24.9. The minimum Gasteiger partial charge on any atom is -0.448 e. The molecule has 0 aliphatic carbocycles. The summed E-state index contributed by atoms with van der Waals surface area (Å²) in [6, 6.07) is 8.52. The highest BCUT2D eigenvalue weighted by atomic mass is 32.2. The van der Waals surface area contributed by atoms with Gasteiger partial charge in [-0.25, -0.2) is 14.6 Å². The van der Waals surface area contributed by atoms with Crippen LogP contribution in [0.5, 0.6) is 0 Å². The Kier molecular flexibility index (Phi) is 10.6. The molecule has 0 saturated heterocycles. The third-order valence-corrected chi connectivity index (χ3v) is 7.75. The van der Waals surface area contributed by atoms with Gasteiger partial charge in [-0.15, -0.1) is 0 Å². The molecule has 3 aromatic rings. The number of oxazole rings is 1. The topological polar surface area (TPSA) is 135 Å². The first-order valence-electron chi connectivity index (χ1n) is 14.1. The molecular formula is C29H39N7O4S. The summed E-state index contributed by atoms with van der Waals surface area (Å²) in [5, 5.41) is 10.9. The van der Waals surface area contributed by atoms with Crippen LogP contribution in [0.25, 0.3) is 11.4 Å². The van der Waals surface area contributed by atoms with Gasteiger partial charge in [0.2, 0.25) is 11.8 Å². The highest BCUT2D eigenvalue weighted by molar-refractivity contribution is 7.98. The van der Waals surface area contributed by atoms with Crippen molar-refractivity contribution >= 4 is 29.5 Å². The maximum atomic E-state index is 13.6. The van der Waals surface area contributed by atoms with Gasteiger partial charge in [0.15, 0.2) is 23.7 Å². The zero-order valence-electron chi connectivity index (χ0n) is 24.1. The molecule has 2 N–H and O–H groups in total. The number of amides is 3. The van der Waals surface area contributed by atoms with E-state index < -0.39 is 12.1 Å². The first-order chi connectivity index (χ1) is 19.8. The molecule has 3 amide bonds. The van der Waals surface area contributed by atoms with Crippen LogP contribution < -0.4 is 10.6 Å². The Hall–Kier alpha value is -3.67. The zero-order chi connectivity index (χ0) is 29.4. The fourth-order valence-corrected chi connectivity index (χ4v) is 5.29. The molecular weight excluding hydrogens is 542 g/mol. The maximum absolute atomic E-state index is 13.6. The van der Waals surface area contributed by atoms with E-state index in [4.69, 9.17) is 14.5 Å². The standard InChI is InChI=1S/C29H39N7O4S/c1-5-22-25(30-18-40-22)29(39)35-14-9-12-23(37)31-21(13-17-41-4)28(38)32-24(19(2)3)27-33-26(34-36(27)16-15-35)20-10-7-6-8-11-20/h6-8,10-11,18-19,21,24H,5,9,12-17H2,1-4H3,(H,31,37)(H,32,38)/t21-,24+/m0/s1. The monoisotopic (exact) mass is 581 g/mol. The predicted octanol–water partition coefficient (Wildman–Crippen LogP) is 3.48. The molecule has 0 unspecified atom stereocenters. The number of nitrogens with zero attached hydrogens (tertiary/aromatic N) is 5. The molecule has 3 heterocycles. The first kappa shape index (κ1) is 30.3. The molecule has 0 saturated carbocycles. The normalized spacial score (nSPS) is 18.9. The van der Waals surface area contributed by atoms with E-state index in [0.29, 0.717) is 56.3 Å². The number of carbonyl (C=O) groups is 3. The van der Waals surface area contributed by atoms with Gasteiger partial charge in [0.05, 0.1) is 12.6 Å². The van der Waals surface area contributed by atoms with Gasteiger partial charge in [0.25, 0.3) is 5.91 Å². The molecule has 1 aliphatic rings. The third-order valence-electron chi connectivity index (χ3n) is 7.10. The second kappa shape index (κ2) is 14.3. The quantitative estimate of drug-likeness (QED) is 0.433. The van der Waals surface area contributed by atoms with Gasteiger partial charge in [-0.05, 0) is 30.8 Å². The van der Waals surface area contributed by atoms with Crippen LogP contribution in [0.1, 0.15) is 68.1 Å². The van der Waals surface area contributed by atoms with Crippen LogP contribution in [0, 0.1) is 5.92 Å². The minimum absolute atomic E-state index is 0.0182. The van der Waals surface area contributed by atoms with E-state index in [0.717, 1.165) is 11.3 Å². The van der Waals surface area contributed by atoms with Crippen LogP contribution >= 0.6 is 11.8 Å². The van der Waals surface area contributed by atoms with Crippen molar-refractivity contribution in [2.75, 3.05) is 25.1 Å². The molecule has 0 radical (unpaired) electrons. The Morgan fingerprint density at radius 2 is 1.93 bits per heavy atom. The van der Waals surface area contributed by atoms with Crippen molar-refractivity contribution in [3.8, 4) is 11.4 Å². The summed E-state index contributed by atoms with van der Waals surface area (Å²) in [6.45, 7) is 6.94. The van der Waals surface area contributed by atoms with E-state index >= 15 is 0 Å². The van der Waals surface area contributed by atoms with E-state index in [1.54, 1.807) is 21.3 Å². The molecule has 0 spiro atoms. The first-order valence-corrected chi connectivity index (χ1v) is 15.5. The molecule has 12 heteroatoms. The van der Waals surface area contributed by atoms with Crippen LogP contribution in [0.4, 0.5) is 0 Å². The van der Waals surface area contributed by atoms with Gasteiger partial charge >= 0.3 is 0 Å². The van der Waals surface area contributed by atoms with Gasteiger partial charge in [0, 0.05) is 31.5 Å². The largest absolute Gasteiger partial charge is 0.448 e. The summed E-state index contributed by atoms with van der Waals surface area (Å²) in [7, 11) is 0. The molecule has 2 aromatic heterocycles. The second-order valence-electron chi connectivity index (χ2n) is 10.4. The number of aromatic nitrogens is 4. The number of benzene rings is 1. The lowest BCUT2D eigenvalue weighted by molar-refractivity contribution is -0.129. The summed E-state index contributed by atoms with van der Waals surface area (Å²) >= 11 is 1.62. The van der Waals surface area contributed by atoms with Gasteiger partial charge in [-0.2, -0.15) is 16.9 Å². The molecule has 220 valence electrons. The minimum atomic E-state index is -0.677. The molecule has 11 nitrogen and oxygen atoms in total. The number of aryl methyl sites for hydroxylation is 1. The Bertz CT molecular complexity index is 1320. The molecule has 0 bridgehead atoms. The Labute approximate surface area is 244 Å². The van der Waals surface area contributed by atoms with Crippen molar-refractivity contribution in [1.29, 1.82) is 0 Å². The fraction of sp³-hybridized carbons (Fsp3) is 0.517. The predicted molar refractivity (Wildman–Crippen MR) is 157 cm³/mol. The van der Waals surface area contributed by atoms with E-state index in [9.17, 15) is 14.4 Å². The summed E-state index contributed by atoms with van der Waals surface area (Å²) in [5.74, 6) is 1.66. The molecule has 1 aliphatic heterocycles. The van der Waals surface area contributed by atoms with Crippen molar-refractivity contribution in [2.24, 2.45) is 5.92 Å². The van der Waals surface area contributed by atoms with Crippen LogP contribution in [0.2, 0.25) is 0 Å². The van der Waals surface area contributed by atoms with E-state index in [1.165, 1.54) is 6.39 Å². The number of thioether (sulfide) groups is 1. The summed E-state index contributed by atoms with van der Waals surface area (Å²) in [6.07, 6.45) is 4.92. The average molecular weight is 582 g/mol. The van der Waals surface area contributed by atoms with E-state index in [2.05, 4.69) is 15.6 Å². The van der Waals surface area contributed by atoms with Crippen molar-refractivity contribution in [3.63, 3.8) is 0 Å². The summed E-state index contributed by atoms with van der Waals surface area (Å²) in [5.41, 5.74) is 1.14. The lowest BCUT2D eigenvalue weighted by Crippen LogP contribution is -2.49. The molecule has 0 fully saturated rings. The van der Waals surface area contributed by atoms with Crippen LogP contribution in [-0.4, -0.2) is 73.5 Å². The number of carbonyl (C=O) groups excluding carboxylic acids is 3. The summed E-state index contributed by atoms with van der Waals surface area (Å²) in [4.78, 5) is 50.8. The third kappa shape index (κ3) is 7.55. The van der Waals surface area contributed by atoms with E-state index in [1.807, 2.05) is 57.4 Å². The van der Waals surface area contributed by atoms with E-state index in [-0.39, 0.29) is 35.8 Å². The Morgan fingerprint density at radius 1 is 1.15 bits per heavy atom. The SMILES string of the molecule is CCc1ocnc1C(=O)N1CCCC(=O)N[C@@H](CCSC)C(=O)N[C@H](C(C)C)c2nc(-c3ccccc3)nn2CC1.